The molecule has 6 nitrogen and oxygen atoms in total. The molecular weight excluding hydrogens is 435 g/mol. The van der Waals surface area contributed by atoms with Gasteiger partial charge in [-0.25, -0.2) is 0 Å². The SMILES string of the molecule is CCCCCCCCCCCCCCCCCCN(CCO)CCOP(=O)([O-])[O-].[Na+].[Na+]. The third kappa shape index (κ3) is 32.0. The molecule has 0 amide bonds. The minimum Gasteiger partial charge on any atom is -0.790 e. The zero-order valence-electron chi connectivity index (χ0n) is 20.8. The van der Waals surface area contributed by atoms with E-state index in [0.717, 1.165) is 19.4 Å². The molecule has 9 heteroatoms. The van der Waals surface area contributed by atoms with Crippen molar-refractivity contribution in [1.82, 2.24) is 4.90 Å². The Kier molecular flexibility index (Phi) is 34.3. The number of aliphatic hydroxyl groups is 1. The van der Waals surface area contributed by atoms with Crippen LogP contribution >= 0.6 is 7.82 Å². The first-order chi connectivity index (χ1) is 14.0. The quantitative estimate of drug-likeness (QED) is 0.107. The summed E-state index contributed by atoms with van der Waals surface area (Å²) in [6.07, 6.45) is 21.2. The summed E-state index contributed by atoms with van der Waals surface area (Å²) >= 11 is 0. The number of unbranched alkanes of at least 4 members (excludes halogenated alkanes) is 15. The van der Waals surface area contributed by atoms with Crippen LogP contribution in [0, 0.1) is 0 Å². The molecule has 0 radical (unpaired) electrons. The molecule has 0 saturated carbocycles. The first kappa shape index (κ1) is 37.6. The molecule has 0 aliphatic rings. The van der Waals surface area contributed by atoms with E-state index in [0.29, 0.717) is 13.1 Å². The average molecular weight is 482 g/mol. The third-order valence-electron chi connectivity index (χ3n) is 5.40. The molecule has 0 bridgehead atoms. The topological polar surface area (TPSA) is 95.9 Å². The van der Waals surface area contributed by atoms with E-state index in [1.54, 1.807) is 0 Å². The van der Waals surface area contributed by atoms with Gasteiger partial charge in [-0.15, -0.1) is 0 Å². The fourth-order valence-corrected chi connectivity index (χ4v) is 3.95. The maximum absolute atomic E-state index is 10.5. The molecule has 0 aliphatic carbocycles. The van der Waals surface area contributed by atoms with Crippen molar-refractivity contribution in [2.45, 2.75) is 110 Å². The fourth-order valence-electron chi connectivity index (χ4n) is 3.64. The van der Waals surface area contributed by atoms with Gasteiger partial charge >= 0.3 is 59.1 Å². The third-order valence-corrected chi connectivity index (χ3v) is 5.90. The maximum Gasteiger partial charge on any atom is 1.00 e. The second kappa shape index (κ2) is 28.3. The van der Waals surface area contributed by atoms with Crippen molar-refractivity contribution in [3.8, 4) is 0 Å². The molecule has 0 unspecified atom stereocenters. The summed E-state index contributed by atoms with van der Waals surface area (Å²) in [5.41, 5.74) is 0. The van der Waals surface area contributed by atoms with Gasteiger partial charge in [0.1, 0.15) is 0 Å². The number of nitrogens with zero attached hydrogens (tertiary/aromatic N) is 1. The van der Waals surface area contributed by atoms with Crippen LogP contribution in [0.5, 0.6) is 0 Å². The van der Waals surface area contributed by atoms with E-state index in [1.807, 2.05) is 4.90 Å². The van der Waals surface area contributed by atoms with Gasteiger partial charge in [0, 0.05) is 13.1 Å². The Bertz CT molecular complexity index is 389. The summed E-state index contributed by atoms with van der Waals surface area (Å²) in [4.78, 5) is 22.9. The van der Waals surface area contributed by atoms with E-state index in [-0.39, 0.29) is 72.3 Å². The van der Waals surface area contributed by atoms with E-state index >= 15 is 0 Å². The molecule has 0 aromatic heterocycles. The van der Waals surface area contributed by atoms with Gasteiger partial charge in [-0.05, 0) is 13.0 Å². The van der Waals surface area contributed by atoms with Crippen molar-refractivity contribution < 1.29 is 83.1 Å². The molecule has 31 heavy (non-hydrogen) atoms. The van der Waals surface area contributed by atoms with Gasteiger partial charge in [-0.1, -0.05) is 103 Å². The molecule has 0 saturated heterocycles. The van der Waals surface area contributed by atoms with Gasteiger partial charge in [-0.2, -0.15) is 0 Å². The Hall–Kier alpha value is 2.03. The summed E-state index contributed by atoms with van der Waals surface area (Å²) in [5.74, 6) is 0. The predicted molar refractivity (Wildman–Crippen MR) is 117 cm³/mol. The number of phosphoric ester groups is 1. The predicted octanol–water partition coefficient (Wildman–Crippen LogP) is -1.60. The second-order valence-corrected chi connectivity index (χ2v) is 9.30. The van der Waals surface area contributed by atoms with Crippen LogP contribution in [-0.2, 0) is 9.09 Å². The maximum atomic E-state index is 10.5. The molecule has 176 valence electrons. The fraction of sp³-hybridized carbons (Fsp3) is 1.00. The van der Waals surface area contributed by atoms with Crippen molar-refractivity contribution in [2.75, 3.05) is 32.8 Å². The minimum absolute atomic E-state index is 0. The van der Waals surface area contributed by atoms with Crippen LogP contribution < -0.4 is 68.9 Å². The van der Waals surface area contributed by atoms with Crippen LogP contribution in [-0.4, -0.2) is 42.9 Å². The summed E-state index contributed by atoms with van der Waals surface area (Å²) in [6.45, 7) is 3.78. The summed E-state index contributed by atoms with van der Waals surface area (Å²) in [7, 11) is -4.89. The van der Waals surface area contributed by atoms with Gasteiger partial charge in [0.2, 0.25) is 0 Å². The first-order valence-corrected chi connectivity index (χ1v) is 13.5. The number of hydrogen-bond acceptors (Lipinski definition) is 6. The largest absolute Gasteiger partial charge is 1.00 e. The molecular formula is C22H46NNa2O5P. The van der Waals surface area contributed by atoms with E-state index in [1.165, 1.54) is 89.9 Å². The number of phosphoric acid groups is 1. The molecule has 0 aromatic rings. The number of aliphatic hydroxyl groups excluding tert-OH is 1. The Balaban J connectivity index is -0.00000392. The Labute approximate surface area is 236 Å². The Morgan fingerprint density at radius 3 is 1.42 bits per heavy atom. The Morgan fingerprint density at radius 1 is 0.677 bits per heavy atom. The average Bonchev–Trinajstić information content (AvgIpc) is 2.66. The van der Waals surface area contributed by atoms with Crippen molar-refractivity contribution in [1.29, 1.82) is 0 Å². The number of rotatable bonds is 23. The smallest absolute Gasteiger partial charge is 0.790 e. The van der Waals surface area contributed by atoms with Gasteiger partial charge in [-0.3, -0.25) is 4.90 Å². The van der Waals surface area contributed by atoms with Crippen LogP contribution in [0.25, 0.3) is 0 Å². The van der Waals surface area contributed by atoms with Gasteiger partial charge < -0.3 is 24.0 Å². The van der Waals surface area contributed by atoms with Crippen LogP contribution in [0.2, 0.25) is 0 Å². The van der Waals surface area contributed by atoms with Crippen LogP contribution in [0.4, 0.5) is 0 Å². The van der Waals surface area contributed by atoms with E-state index in [2.05, 4.69) is 11.4 Å². The zero-order valence-corrected chi connectivity index (χ0v) is 25.7. The molecule has 0 spiro atoms. The van der Waals surface area contributed by atoms with E-state index in [4.69, 9.17) is 5.11 Å². The van der Waals surface area contributed by atoms with Gasteiger partial charge in [0.15, 0.2) is 0 Å². The van der Waals surface area contributed by atoms with E-state index < -0.39 is 7.82 Å². The number of hydrogen-bond donors (Lipinski definition) is 1. The van der Waals surface area contributed by atoms with Crippen LogP contribution in [0.15, 0.2) is 0 Å². The van der Waals surface area contributed by atoms with Crippen molar-refractivity contribution in [3.63, 3.8) is 0 Å². The summed E-state index contributed by atoms with van der Waals surface area (Å²) in [6, 6.07) is 0. The van der Waals surface area contributed by atoms with Crippen molar-refractivity contribution in [3.05, 3.63) is 0 Å². The van der Waals surface area contributed by atoms with Crippen LogP contribution in [0.1, 0.15) is 110 Å². The molecule has 0 fully saturated rings. The van der Waals surface area contributed by atoms with Gasteiger partial charge in [0.25, 0.3) is 0 Å². The monoisotopic (exact) mass is 481 g/mol. The minimum atomic E-state index is -4.89. The zero-order chi connectivity index (χ0) is 21.6. The molecule has 0 aliphatic heterocycles. The standard InChI is InChI=1S/C22H48NO5P.2Na/c1-2-3-4-5-6-7-8-9-10-11-12-13-14-15-16-17-18-23(19-21-24)20-22-28-29(25,26)27;;/h24H,2-22H2,1H3,(H2,25,26,27);;/q;2*+1/p-2. The second-order valence-electron chi connectivity index (χ2n) is 8.15. The normalized spacial score (nSPS) is 11.4. The molecule has 1 N–H and O–H groups in total. The summed E-state index contributed by atoms with van der Waals surface area (Å²) in [5, 5.41) is 9.07. The van der Waals surface area contributed by atoms with E-state index in [9.17, 15) is 14.4 Å². The van der Waals surface area contributed by atoms with Gasteiger partial charge in [0.05, 0.1) is 21.0 Å². The molecule has 0 rings (SSSR count). The molecule has 0 heterocycles. The van der Waals surface area contributed by atoms with Crippen LogP contribution in [0.3, 0.4) is 0 Å². The van der Waals surface area contributed by atoms with Crippen molar-refractivity contribution >= 4 is 7.82 Å². The first-order valence-electron chi connectivity index (χ1n) is 12.0. The summed E-state index contributed by atoms with van der Waals surface area (Å²) < 4.78 is 14.7. The molecule has 0 aromatic carbocycles. The van der Waals surface area contributed by atoms with Crippen molar-refractivity contribution in [2.24, 2.45) is 0 Å². The Morgan fingerprint density at radius 2 is 1.06 bits per heavy atom. The molecule has 0 atom stereocenters.